The SMILES string of the molecule is c1ccc(-c2ccc(-c3cc(-c4cccc(-c5ccc(-c6cc(-c7ccccc7)cc(-c7ccc8c(c7)c7ccccc7n8-c7ccccc7)c6-c6ccccc6)cc5)c4)nc(-c4ccccc4)n3)cc2)cc1. The summed E-state index contributed by atoms with van der Waals surface area (Å²) in [5, 5.41) is 2.45. The van der Waals surface area contributed by atoms with Gasteiger partial charge in [-0.05, 0) is 121 Å². The van der Waals surface area contributed by atoms with Crippen LogP contribution < -0.4 is 0 Å². The highest BCUT2D eigenvalue weighted by Crippen LogP contribution is 2.45. The van der Waals surface area contributed by atoms with Gasteiger partial charge in [0.15, 0.2) is 5.82 Å². The molecule has 0 aliphatic heterocycles. The zero-order chi connectivity index (χ0) is 48.5. The average molecular weight is 930 g/mol. The Morgan fingerprint density at radius 2 is 0.671 bits per heavy atom. The minimum Gasteiger partial charge on any atom is -0.309 e. The maximum atomic E-state index is 5.19. The van der Waals surface area contributed by atoms with Crippen LogP contribution in [0.5, 0.6) is 0 Å². The first-order valence-corrected chi connectivity index (χ1v) is 24.9. The van der Waals surface area contributed by atoms with E-state index in [0.29, 0.717) is 5.82 Å². The average Bonchev–Trinajstić information content (AvgIpc) is 3.81. The van der Waals surface area contributed by atoms with Gasteiger partial charge in [-0.15, -0.1) is 0 Å². The Labute approximate surface area is 425 Å². The molecule has 0 aliphatic carbocycles. The molecule has 2 aromatic heterocycles. The van der Waals surface area contributed by atoms with E-state index in [4.69, 9.17) is 9.97 Å². The van der Waals surface area contributed by atoms with Crippen LogP contribution in [0.15, 0.2) is 285 Å². The van der Waals surface area contributed by atoms with Crippen molar-refractivity contribution in [2.24, 2.45) is 0 Å². The molecule has 0 radical (unpaired) electrons. The third kappa shape index (κ3) is 8.39. The summed E-state index contributed by atoms with van der Waals surface area (Å²) in [6, 6.07) is 102. The maximum absolute atomic E-state index is 5.19. The second-order valence-corrected chi connectivity index (χ2v) is 18.5. The minimum atomic E-state index is 0.695. The van der Waals surface area contributed by atoms with E-state index >= 15 is 0 Å². The number of rotatable bonds is 10. The molecule has 0 fully saturated rings. The van der Waals surface area contributed by atoms with Gasteiger partial charge in [-0.2, -0.15) is 0 Å². The Morgan fingerprint density at radius 1 is 0.233 bits per heavy atom. The molecule has 73 heavy (non-hydrogen) atoms. The van der Waals surface area contributed by atoms with Crippen LogP contribution >= 0.6 is 0 Å². The molecule has 2 heterocycles. The molecule has 0 atom stereocenters. The van der Waals surface area contributed by atoms with Gasteiger partial charge in [0.1, 0.15) is 0 Å². The third-order valence-electron chi connectivity index (χ3n) is 14.0. The molecule has 0 spiro atoms. The number of para-hydroxylation sites is 2. The van der Waals surface area contributed by atoms with E-state index in [1.54, 1.807) is 0 Å². The molecule has 0 aliphatic rings. The Kier molecular flexibility index (Phi) is 11.2. The van der Waals surface area contributed by atoms with Gasteiger partial charge in [0.25, 0.3) is 0 Å². The summed E-state index contributed by atoms with van der Waals surface area (Å²) < 4.78 is 2.38. The molecule has 342 valence electrons. The van der Waals surface area contributed by atoms with Crippen LogP contribution in [-0.4, -0.2) is 14.5 Å². The second kappa shape index (κ2) is 18.9. The first kappa shape index (κ1) is 43.3. The Morgan fingerprint density at radius 3 is 1.33 bits per heavy atom. The van der Waals surface area contributed by atoms with Crippen LogP contribution in [0.2, 0.25) is 0 Å². The van der Waals surface area contributed by atoms with Gasteiger partial charge in [0, 0.05) is 33.2 Å². The summed E-state index contributed by atoms with van der Waals surface area (Å²) in [6.45, 7) is 0. The Bertz CT molecular complexity index is 4070. The lowest BCUT2D eigenvalue weighted by Gasteiger charge is -2.20. The molecular formula is C70H47N3. The smallest absolute Gasteiger partial charge is 0.160 e. The molecule has 0 bridgehead atoms. The van der Waals surface area contributed by atoms with E-state index in [1.165, 1.54) is 71.9 Å². The number of hydrogen-bond donors (Lipinski definition) is 0. The number of fused-ring (bicyclic) bond motifs is 3. The molecule has 0 unspecified atom stereocenters. The van der Waals surface area contributed by atoms with Crippen molar-refractivity contribution in [1.82, 2.24) is 14.5 Å². The lowest BCUT2D eigenvalue weighted by molar-refractivity contribution is 1.18. The van der Waals surface area contributed by atoms with Crippen molar-refractivity contribution < 1.29 is 0 Å². The van der Waals surface area contributed by atoms with E-state index < -0.39 is 0 Å². The number of hydrogen-bond acceptors (Lipinski definition) is 2. The highest BCUT2D eigenvalue weighted by molar-refractivity contribution is 6.11. The van der Waals surface area contributed by atoms with Crippen LogP contribution in [0.1, 0.15) is 0 Å². The fraction of sp³-hybridized carbons (Fsp3) is 0. The summed E-state index contributed by atoms with van der Waals surface area (Å²) in [7, 11) is 0. The number of benzene rings is 11. The van der Waals surface area contributed by atoms with Crippen LogP contribution in [-0.2, 0) is 0 Å². The fourth-order valence-electron chi connectivity index (χ4n) is 10.4. The molecular weight excluding hydrogens is 883 g/mol. The molecule has 13 aromatic rings. The quantitative estimate of drug-likeness (QED) is 0.137. The van der Waals surface area contributed by atoms with E-state index in [9.17, 15) is 0 Å². The number of aromatic nitrogens is 3. The van der Waals surface area contributed by atoms with Gasteiger partial charge in [-0.3, -0.25) is 0 Å². The highest BCUT2D eigenvalue weighted by atomic mass is 15.0. The van der Waals surface area contributed by atoms with Gasteiger partial charge < -0.3 is 4.57 Å². The van der Waals surface area contributed by atoms with Gasteiger partial charge in [0.2, 0.25) is 0 Å². The predicted molar refractivity (Wildman–Crippen MR) is 305 cm³/mol. The second-order valence-electron chi connectivity index (χ2n) is 18.5. The number of nitrogens with zero attached hydrogens (tertiary/aromatic N) is 3. The van der Waals surface area contributed by atoms with E-state index in [-0.39, 0.29) is 0 Å². The summed E-state index contributed by atoms with van der Waals surface area (Å²) in [4.78, 5) is 10.3. The van der Waals surface area contributed by atoms with Crippen molar-refractivity contribution in [1.29, 1.82) is 0 Å². The van der Waals surface area contributed by atoms with Crippen molar-refractivity contribution in [3.63, 3.8) is 0 Å². The predicted octanol–water partition coefficient (Wildman–Crippen LogP) is 18.6. The molecule has 0 saturated carbocycles. The molecule has 11 aromatic carbocycles. The molecule has 0 saturated heterocycles. The van der Waals surface area contributed by atoms with E-state index in [2.05, 4.69) is 265 Å². The molecule has 0 amide bonds. The molecule has 0 N–H and O–H groups in total. The Hall–Kier alpha value is -9.70. The summed E-state index contributed by atoms with van der Waals surface area (Å²) >= 11 is 0. The lowest BCUT2D eigenvalue weighted by atomic mass is 9.84. The largest absolute Gasteiger partial charge is 0.309 e. The minimum absolute atomic E-state index is 0.695. The third-order valence-corrected chi connectivity index (χ3v) is 14.0. The summed E-state index contributed by atoms with van der Waals surface area (Å²) in [5.41, 5.74) is 22.3. The maximum Gasteiger partial charge on any atom is 0.160 e. The van der Waals surface area contributed by atoms with Gasteiger partial charge in [0.05, 0.1) is 22.4 Å². The zero-order valence-electron chi connectivity index (χ0n) is 40.0. The molecule has 3 heteroatoms. The molecule has 3 nitrogen and oxygen atoms in total. The fourth-order valence-corrected chi connectivity index (χ4v) is 10.4. The highest BCUT2D eigenvalue weighted by Gasteiger charge is 2.20. The van der Waals surface area contributed by atoms with Crippen molar-refractivity contribution >= 4 is 21.8 Å². The zero-order valence-corrected chi connectivity index (χ0v) is 40.0. The first-order valence-electron chi connectivity index (χ1n) is 24.9. The van der Waals surface area contributed by atoms with E-state index in [1.807, 2.05) is 24.3 Å². The standard InChI is InChI=1S/C70H47N3/c1-6-19-48(20-7-1)50-35-39-53(40-36-50)65-47-66(72-70(71-65)55-25-12-4-13-26-55)58-28-18-27-56(43-58)51-33-37-52(38-34-51)62-45-59(49-21-8-2-9-22-49)46-63(69(62)54-23-10-3-11-24-54)57-41-42-68-64(44-57)61-31-16-17-32-67(61)73(68)60-29-14-5-15-30-60/h1-47H. The Balaban J connectivity index is 0.919. The summed E-state index contributed by atoms with van der Waals surface area (Å²) in [6.07, 6.45) is 0. The van der Waals surface area contributed by atoms with Crippen molar-refractivity contribution in [3.8, 4) is 106 Å². The van der Waals surface area contributed by atoms with Crippen molar-refractivity contribution in [3.05, 3.63) is 285 Å². The van der Waals surface area contributed by atoms with E-state index in [0.717, 1.165) is 50.5 Å². The lowest BCUT2D eigenvalue weighted by Crippen LogP contribution is -1.96. The monoisotopic (exact) mass is 929 g/mol. The van der Waals surface area contributed by atoms with Gasteiger partial charge >= 0.3 is 0 Å². The van der Waals surface area contributed by atoms with Crippen molar-refractivity contribution in [2.45, 2.75) is 0 Å². The van der Waals surface area contributed by atoms with Crippen molar-refractivity contribution in [2.75, 3.05) is 0 Å². The van der Waals surface area contributed by atoms with Crippen LogP contribution in [0.3, 0.4) is 0 Å². The normalized spacial score (nSPS) is 11.3. The van der Waals surface area contributed by atoms with Crippen LogP contribution in [0.25, 0.3) is 128 Å². The summed E-state index contributed by atoms with van der Waals surface area (Å²) in [5.74, 6) is 0.695. The van der Waals surface area contributed by atoms with Crippen LogP contribution in [0, 0.1) is 0 Å². The topological polar surface area (TPSA) is 30.7 Å². The van der Waals surface area contributed by atoms with Crippen LogP contribution in [0.4, 0.5) is 0 Å². The van der Waals surface area contributed by atoms with Gasteiger partial charge in [-0.1, -0.05) is 231 Å². The van der Waals surface area contributed by atoms with Gasteiger partial charge in [-0.25, -0.2) is 9.97 Å². The first-order chi connectivity index (χ1) is 36.2. The molecule has 13 rings (SSSR count).